The molecule has 74 valence electrons. The number of aryl methyl sites for hydroxylation is 1. The van der Waals surface area contributed by atoms with E-state index < -0.39 is 0 Å². The Balaban J connectivity index is 1.92. The molecule has 5 heteroatoms. The number of hydrogen-bond donors (Lipinski definition) is 1. The number of nitrogens with zero attached hydrogens (tertiary/aromatic N) is 2. The minimum Gasteiger partial charge on any atom is -0.451 e. The first kappa shape index (κ1) is 9.21. The van der Waals surface area contributed by atoms with Gasteiger partial charge < -0.3 is 9.73 Å². The van der Waals surface area contributed by atoms with Crippen LogP contribution in [0.3, 0.4) is 0 Å². The molecule has 0 spiro atoms. The lowest BCUT2D eigenvalue weighted by atomic mass is 10.4. The van der Waals surface area contributed by atoms with Crippen molar-refractivity contribution in [2.45, 2.75) is 19.9 Å². The van der Waals surface area contributed by atoms with Crippen molar-refractivity contribution in [2.24, 2.45) is 0 Å². The molecule has 14 heavy (non-hydrogen) atoms. The fraction of sp³-hybridized carbons (Fsp3) is 0.333. The SMILES string of the molecule is CCc1csc(NCc2cocn2)n1. The fourth-order valence-corrected chi connectivity index (χ4v) is 1.83. The van der Waals surface area contributed by atoms with E-state index in [0.717, 1.165) is 22.9 Å². The molecule has 0 bridgehead atoms. The van der Waals surface area contributed by atoms with Crippen molar-refractivity contribution in [3.63, 3.8) is 0 Å². The number of rotatable bonds is 4. The normalized spacial score (nSPS) is 10.4. The summed E-state index contributed by atoms with van der Waals surface area (Å²) in [5, 5.41) is 6.18. The van der Waals surface area contributed by atoms with Crippen LogP contribution in [0.5, 0.6) is 0 Å². The lowest BCUT2D eigenvalue weighted by Gasteiger charge is -1.97. The largest absolute Gasteiger partial charge is 0.451 e. The molecular formula is C9H11N3OS. The van der Waals surface area contributed by atoms with Crippen LogP contribution in [0.25, 0.3) is 0 Å². The van der Waals surface area contributed by atoms with E-state index in [-0.39, 0.29) is 0 Å². The molecular weight excluding hydrogens is 198 g/mol. The molecule has 0 atom stereocenters. The molecule has 0 aliphatic heterocycles. The molecule has 0 radical (unpaired) electrons. The van der Waals surface area contributed by atoms with Crippen LogP contribution in [0.1, 0.15) is 18.3 Å². The third kappa shape index (κ3) is 2.11. The molecule has 0 aliphatic rings. The number of anilines is 1. The Morgan fingerprint density at radius 3 is 3.07 bits per heavy atom. The lowest BCUT2D eigenvalue weighted by molar-refractivity contribution is 0.556. The van der Waals surface area contributed by atoms with E-state index in [9.17, 15) is 0 Å². The Kier molecular flexibility index (Phi) is 2.78. The van der Waals surface area contributed by atoms with Crippen molar-refractivity contribution < 1.29 is 4.42 Å². The van der Waals surface area contributed by atoms with Gasteiger partial charge in [0.15, 0.2) is 11.5 Å². The van der Waals surface area contributed by atoms with Crippen molar-refractivity contribution in [1.29, 1.82) is 0 Å². The van der Waals surface area contributed by atoms with E-state index in [0.29, 0.717) is 6.54 Å². The molecule has 2 rings (SSSR count). The van der Waals surface area contributed by atoms with Crippen LogP contribution in [0, 0.1) is 0 Å². The zero-order valence-electron chi connectivity index (χ0n) is 7.86. The van der Waals surface area contributed by atoms with Gasteiger partial charge in [0.2, 0.25) is 0 Å². The van der Waals surface area contributed by atoms with Gasteiger partial charge in [-0.25, -0.2) is 9.97 Å². The van der Waals surface area contributed by atoms with Gasteiger partial charge in [0, 0.05) is 5.38 Å². The molecule has 2 aromatic rings. The molecule has 0 aliphatic carbocycles. The van der Waals surface area contributed by atoms with Crippen LogP contribution in [-0.2, 0) is 13.0 Å². The van der Waals surface area contributed by atoms with E-state index in [2.05, 4.69) is 27.6 Å². The van der Waals surface area contributed by atoms with Crippen molar-refractivity contribution in [3.05, 3.63) is 29.4 Å². The highest BCUT2D eigenvalue weighted by atomic mass is 32.1. The zero-order chi connectivity index (χ0) is 9.80. The Labute approximate surface area is 86.0 Å². The maximum Gasteiger partial charge on any atom is 0.183 e. The first-order chi connectivity index (χ1) is 6.88. The summed E-state index contributed by atoms with van der Waals surface area (Å²) >= 11 is 1.62. The second kappa shape index (κ2) is 4.23. The summed E-state index contributed by atoms with van der Waals surface area (Å²) in [6.07, 6.45) is 4.03. The van der Waals surface area contributed by atoms with Crippen LogP contribution in [0.2, 0.25) is 0 Å². The minimum atomic E-state index is 0.660. The van der Waals surface area contributed by atoms with E-state index in [4.69, 9.17) is 4.42 Å². The van der Waals surface area contributed by atoms with E-state index >= 15 is 0 Å². The molecule has 1 N–H and O–H groups in total. The molecule has 0 unspecified atom stereocenters. The van der Waals surface area contributed by atoms with E-state index in [1.807, 2.05) is 0 Å². The highest BCUT2D eigenvalue weighted by Gasteiger charge is 2.00. The van der Waals surface area contributed by atoms with Gasteiger partial charge in [-0.05, 0) is 6.42 Å². The van der Waals surface area contributed by atoms with Crippen molar-refractivity contribution in [3.8, 4) is 0 Å². The first-order valence-electron chi connectivity index (χ1n) is 4.44. The molecule has 4 nitrogen and oxygen atoms in total. The van der Waals surface area contributed by atoms with Crippen LogP contribution in [0.4, 0.5) is 5.13 Å². The molecule has 0 aromatic carbocycles. The Hall–Kier alpha value is -1.36. The van der Waals surface area contributed by atoms with Gasteiger partial charge in [0.25, 0.3) is 0 Å². The van der Waals surface area contributed by atoms with Gasteiger partial charge >= 0.3 is 0 Å². The first-order valence-corrected chi connectivity index (χ1v) is 5.32. The predicted octanol–water partition coefficient (Wildman–Crippen LogP) is 2.31. The van der Waals surface area contributed by atoms with Crippen LogP contribution >= 0.6 is 11.3 Å². The zero-order valence-corrected chi connectivity index (χ0v) is 8.67. The van der Waals surface area contributed by atoms with Crippen molar-refractivity contribution >= 4 is 16.5 Å². The Morgan fingerprint density at radius 1 is 1.50 bits per heavy atom. The van der Waals surface area contributed by atoms with Crippen molar-refractivity contribution in [2.75, 3.05) is 5.32 Å². The second-order valence-electron chi connectivity index (χ2n) is 2.83. The summed E-state index contributed by atoms with van der Waals surface area (Å²) < 4.78 is 4.86. The van der Waals surface area contributed by atoms with Gasteiger partial charge in [-0.1, -0.05) is 6.92 Å². The number of oxazole rings is 1. The highest BCUT2D eigenvalue weighted by Crippen LogP contribution is 2.16. The van der Waals surface area contributed by atoms with E-state index in [1.54, 1.807) is 17.6 Å². The van der Waals surface area contributed by atoms with Crippen molar-refractivity contribution in [1.82, 2.24) is 9.97 Å². The lowest BCUT2D eigenvalue weighted by Crippen LogP contribution is -1.99. The molecule has 0 saturated heterocycles. The maximum absolute atomic E-state index is 4.86. The molecule has 2 aromatic heterocycles. The summed E-state index contributed by atoms with van der Waals surface area (Å²) in [6, 6.07) is 0. The van der Waals surface area contributed by atoms with Crippen LogP contribution < -0.4 is 5.32 Å². The maximum atomic E-state index is 4.86. The fourth-order valence-electron chi connectivity index (χ4n) is 1.04. The quantitative estimate of drug-likeness (QED) is 0.839. The van der Waals surface area contributed by atoms with E-state index in [1.165, 1.54) is 6.39 Å². The van der Waals surface area contributed by atoms with Gasteiger partial charge in [0.1, 0.15) is 6.26 Å². The van der Waals surface area contributed by atoms with Gasteiger partial charge in [-0.2, -0.15) is 0 Å². The number of hydrogen-bond acceptors (Lipinski definition) is 5. The molecule has 2 heterocycles. The average Bonchev–Trinajstić information content (AvgIpc) is 2.86. The standard InChI is InChI=1S/C9H11N3OS/c1-2-7-5-14-9(12-7)10-3-8-4-13-6-11-8/h4-6H,2-3H2,1H3,(H,10,12). The van der Waals surface area contributed by atoms with Gasteiger partial charge in [0.05, 0.1) is 17.9 Å². The summed E-state index contributed by atoms with van der Waals surface area (Å²) in [5.41, 5.74) is 2.01. The third-order valence-corrected chi connectivity index (χ3v) is 2.67. The topological polar surface area (TPSA) is 51.0 Å². The average molecular weight is 209 g/mol. The predicted molar refractivity (Wildman–Crippen MR) is 55.3 cm³/mol. The summed E-state index contributed by atoms with van der Waals surface area (Å²) in [6.45, 7) is 2.75. The third-order valence-electron chi connectivity index (χ3n) is 1.82. The minimum absolute atomic E-state index is 0.660. The number of aromatic nitrogens is 2. The van der Waals surface area contributed by atoms with Gasteiger partial charge in [-0.3, -0.25) is 0 Å². The van der Waals surface area contributed by atoms with Crippen LogP contribution in [-0.4, -0.2) is 9.97 Å². The van der Waals surface area contributed by atoms with Gasteiger partial charge in [-0.15, -0.1) is 11.3 Å². The molecule has 0 fully saturated rings. The molecule has 0 amide bonds. The Bertz CT molecular complexity index is 382. The summed E-state index contributed by atoms with van der Waals surface area (Å²) in [4.78, 5) is 8.38. The Morgan fingerprint density at radius 2 is 2.43 bits per heavy atom. The second-order valence-corrected chi connectivity index (χ2v) is 3.69. The van der Waals surface area contributed by atoms with Crippen LogP contribution in [0.15, 0.2) is 22.5 Å². The highest BCUT2D eigenvalue weighted by molar-refractivity contribution is 7.13. The smallest absolute Gasteiger partial charge is 0.183 e. The molecule has 0 saturated carbocycles. The monoisotopic (exact) mass is 209 g/mol. The number of thiazole rings is 1. The summed E-state index contributed by atoms with van der Waals surface area (Å²) in [7, 11) is 0. The number of nitrogens with one attached hydrogen (secondary N) is 1. The summed E-state index contributed by atoms with van der Waals surface area (Å²) in [5.74, 6) is 0.